The molecule has 0 saturated heterocycles. The fourth-order valence-electron chi connectivity index (χ4n) is 3.99. The molecule has 0 unspecified atom stereocenters. The van der Waals surface area contributed by atoms with Crippen LogP contribution in [-0.4, -0.2) is 20.9 Å². The van der Waals surface area contributed by atoms with Gasteiger partial charge in [-0.05, 0) is 23.1 Å². The lowest BCUT2D eigenvalue weighted by Crippen LogP contribution is -2.47. The molecule has 0 aromatic heterocycles. The van der Waals surface area contributed by atoms with Crippen LogP contribution in [0.4, 0.5) is 0 Å². The summed E-state index contributed by atoms with van der Waals surface area (Å²) in [5.41, 5.74) is 2.57. The Hall–Kier alpha value is -1.90. The second-order valence-electron chi connectivity index (χ2n) is 6.36. The molecule has 120 valence electrons. The van der Waals surface area contributed by atoms with Crippen molar-refractivity contribution >= 4 is 17.6 Å². The molecule has 1 aliphatic rings. The molecule has 2 nitrogen and oxygen atoms in total. The van der Waals surface area contributed by atoms with Gasteiger partial charge >= 0.3 is 0 Å². The van der Waals surface area contributed by atoms with E-state index in [2.05, 4.69) is 36.4 Å². The van der Waals surface area contributed by atoms with Crippen LogP contribution in [0.3, 0.4) is 0 Å². The van der Waals surface area contributed by atoms with Crippen molar-refractivity contribution in [1.82, 2.24) is 0 Å². The molecule has 0 bridgehead atoms. The maximum Gasteiger partial charge on any atom is 0.222 e. The third kappa shape index (κ3) is 3.39. The number of rotatable bonds is 5. The van der Waals surface area contributed by atoms with Gasteiger partial charge in [0.1, 0.15) is 11.5 Å². The number of benzene rings is 2. The molecule has 0 aliphatic heterocycles. The van der Waals surface area contributed by atoms with Gasteiger partial charge in [-0.2, -0.15) is 0 Å². The summed E-state index contributed by atoms with van der Waals surface area (Å²) in [6, 6.07) is 16.9. The first-order chi connectivity index (χ1) is 11.3. The Labute approximate surface area is 139 Å². The molecule has 3 heteroatoms. The van der Waals surface area contributed by atoms with Crippen molar-refractivity contribution in [3.63, 3.8) is 0 Å². The fourth-order valence-corrected chi connectivity index (χ4v) is 3.99. The Morgan fingerprint density at radius 3 is 1.70 bits per heavy atom. The zero-order valence-corrected chi connectivity index (χ0v) is 14.1. The van der Waals surface area contributed by atoms with Crippen LogP contribution < -0.4 is 20.4 Å². The van der Waals surface area contributed by atoms with E-state index in [1.54, 1.807) is 14.2 Å². The monoisotopic (exact) mass is 308 g/mol. The summed E-state index contributed by atoms with van der Waals surface area (Å²) in [5.74, 6) is 2.61. The van der Waals surface area contributed by atoms with Gasteiger partial charge < -0.3 is 9.47 Å². The maximum atomic E-state index is 5.67. The average Bonchev–Trinajstić information content (AvgIpc) is 2.64. The molecule has 0 spiro atoms. The highest BCUT2D eigenvalue weighted by atomic mass is 16.5. The molecule has 1 aliphatic carbocycles. The summed E-state index contributed by atoms with van der Waals surface area (Å²) in [4.78, 5) is 0. The fraction of sp³-hybridized carbons (Fsp3) is 0.400. The molecule has 2 aromatic rings. The van der Waals surface area contributed by atoms with E-state index in [9.17, 15) is 0 Å². The summed E-state index contributed by atoms with van der Waals surface area (Å²) in [6.45, 7) is 0.336. The van der Waals surface area contributed by atoms with Crippen molar-refractivity contribution in [3.8, 4) is 11.5 Å². The van der Waals surface area contributed by atoms with Crippen LogP contribution in [-0.2, 0) is 0 Å². The Morgan fingerprint density at radius 2 is 1.22 bits per heavy atom. The molecule has 3 rings (SSSR count). The standard InChI is InChI=1S/C20H25BO2/c1-22-19-14-8-6-12-17(19)21(16-10-4-3-5-11-16)18-13-7-9-15-20(18)23-2/h6-9,12-16H,3-5,10-11H2,1-2H3. The zero-order valence-electron chi connectivity index (χ0n) is 14.1. The summed E-state index contributed by atoms with van der Waals surface area (Å²) >= 11 is 0. The predicted octanol–water partition coefficient (Wildman–Crippen LogP) is 3.65. The van der Waals surface area contributed by atoms with Crippen molar-refractivity contribution in [1.29, 1.82) is 0 Å². The van der Waals surface area contributed by atoms with Gasteiger partial charge in [0.05, 0.1) is 14.2 Å². The van der Waals surface area contributed by atoms with Gasteiger partial charge in [0.2, 0.25) is 6.71 Å². The van der Waals surface area contributed by atoms with Gasteiger partial charge in [0.15, 0.2) is 0 Å². The van der Waals surface area contributed by atoms with E-state index >= 15 is 0 Å². The van der Waals surface area contributed by atoms with E-state index in [-0.39, 0.29) is 0 Å². The van der Waals surface area contributed by atoms with Crippen LogP contribution >= 0.6 is 0 Å². The number of hydrogen-bond donors (Lipinski definition) is 0. The second kappa shape index (κ2) is 7.58. The van der Waals surface area contributed by atoms with Crippen LogP contribution in [0, 0.1) is 0 Å². The largest absolute Gasteiger partial charge is 0.497 e. The Bertz CT molecular complexity index is 588. The number of ether oxygens (including phenoxy) is 2. The van der Waals surface area contributed by atoms with E-state index in [0.717, 1.165) is 11.5 Å². The van der Waals surface area contributed by atoms with Crippen molar-refractivity contribution in [2.24, 2.45) is 0 Å². The third-order valence-electron chi connectivity index (χ3n) is 5.07. The van der Waals surface area contributed by atoms with Crippen LogP contribution in [0.15, 0.2) is 48.5 Å². The van der Waals surface area contributed by atoms with Gasteiger partial charge in [0, 0.05) is 0 Å². The van der Waals surface area contributed by atoms with Gasteiger partial charge in [-0.3, -0.25) is 0 Å². The van der Waals surface area contributed by atoms with Gasteiger partial charge in [0.25, 0.3) is 0 Å². The summed E-state index contributed by atoms with van der Waals surface area (Å²) < 4.78 is 11.3. The lowest BCUT2D eigenvalue weighted by molar-refractivity contribution is 0.416. The molecule has 0 amide bonds. The lowest BCUT2D eigenvalue weighted by atomic mass is 9.31. The zero-order chi connectivity index (χ0) is 16.1. The average molecular weight is 308 g/mol. The van der Waals surface area contributed by atoms with Crippen molar-refractivity contribution < 1.29 is 9.47 Å². The highest BCUT2D eigenvalue weighted by Gasteiger charge is 2.34. The van der Waals surface area contributed by atoms with Gasteiger partial charge in [-0.1, -0.05) is 74.3 Å². The number of methoxy groups -OCH3 is 2. The molecule has 2 aromatic carbocycles. The number of hydrogen-bond acceptors (Lipinski definition) is 2. The van der Waals surface area contributed by atoms with Crippen molar-refractivity contribution in [3.05, 3.63) is 48.5 Å². The molecule has 23 heavy (non-hydrogen) atoms. The Morgan fingerprint density at radius 1 is 0.739 bits per heavy atom. The minimum atomic E-state index is 0.336. The lowest BCUT2D eigenvalue weighted by Gasteiger charge is -2.30. The normalized spacial score (nSPS) is 15.2. The van der Waals surface area contributed by atoms with E-state index in [4.69, 9.17) is 9.47 Å². The van der Waals surface area contributed by atoms with E-state index in [1.807, 2.05) is 12.1 Å². The molecule has 0 atom stereocenters. The molecular formula is C20H25BO2. The molecule has 0 heterocycles. The van der Waals surface area contributed by atoms with Crippen LogP contribution in [0.1, 0.15) is 32.1 Å². The van der Waals surface area contributed by atoms with Crippen molar-refractivity contribution in [2.75, 3.05) is 14.2 Å². The van der Waals surface area contributed by atoms with Crippen LogP contribution in [0.25, 0.3) is 0 Å². The molecule has 0 N–H and O–H groups in total. The van der Waals surface area contributed by atoms with Crippen LogP contribution in [0.2, 0.25) is 5.82 Å². The van der Waals surface area contributed by atoms with Crippen molar-refractivity contribution in [2.45, 2.75) is 37.9 Å². The number of para-hydroxylation sites is 2. The summed E-state index contributed by atoms with van der Waals surface area (Å²) in [5, 5.41) is 0. The minimum absolute atomic E-state index is 0.336. The third-order valence-corrected chi connectivity index (χ3v) is 5.07. The highest BCUT2D eigenvalue weighted by Crippen LogP contribution is 2.33. The quantitative estimate of drug-likeness (QED) is 0.785. The SMILES string of the molecule is COc1ccccc1B(c1ccccc1OC)C1CCCCC1. The first-order valence-corrected chi connectivity index (χ1v) is 8.61. The molecular weight excluding hydrogens is 283 g/mol. The predicted molar refractivity (Wildman–Crippen MR) is 97.8 cm³/mol. The van der Waals surface area contributed by atoms with E-state index < -0.39 is 0 Å². The van der Waals surface area contributed by atoms with Gasteiger partial charge in [-0.25, -0.2) is 0 Å². The van der Waals surface area contributed by atoms with E-state index in [1.165, 1.54) is 43.0 Å². The summed E-state index contributed by atoms with van der Waals surface area (Å²) in [6.07, 6.45) is 6.57. The van der Waals surface area contributed by atoms with Gasteiger partial charge in [-0.15, -0.1) is 0 Å². The highest BCUT2D eigenvalue weighted by molar-refractivity contribution is 6.87. The summed E-state index contributed by atoms with van der Waals surface area (Å²) in [7, 11) is 3.53. The first kappa shape index (κ1) is 16.0. The van der Waals surface area contributed by atoms with E-state index in [0.29, 0.717) is 12.5 Å². The smallest absolute Gasteiger partial charge is 0.222 e. The maximum absolute atomic E-state index is 5.67. The minimum Gasteiger partial charge on any atom is -0.497 e. The topological polar surface area (TPSA) is 18.5 Å². The Kier molecular flexibility index (Phi) is 5.27. The first-order valence-electron chi connectivity index (χ1n) is 8.61. The second-order valence-corrected chi connectivity index (χ2v) is 6.36. The van der Waals surface area contributed by atoms with Crippen LogP contribution in [0.5, 0.6) is 11.5 Å². The molecule has 0 radical (unpaired) electrons. The molecule has 1 saturated carbocycles. The Balaban J connectivity index is 2.10. The molecule has 1 fully saturated rings.